The van der Waals surface area contributed by atoms with Crippen LogP contribution in [0.15, 0.2) is 24.3 Å². The third-order valence-corrected chi connectivity index (χ3v) is 2.61. The summed E-state index contributed by atoms with van der Waals surface area (Å²) in [7, 11) is 0. The summed E-state index contributed by atoms with van der Waals surface area (Å²) in [4.78, 5) is 22.0. The molecule has 0 bridgehead atoms. The first kappa shape index (κ1) is 10.2. The number of cyclic esters (lactones) is 2. The lowest BCUT2D eigenvalue weighted by atomic mass is 9.98. The van der Waals surface area contributed by atoms with Crippen molar-refractivity contribution >= 4 is 23.5 Å². The van der Waals surface area contributed by atoms with E-state index in [9.17, 15) is 9.59 Å². The van der Waals surface area contributed by atoms with E-state index in [1.54, 1.807) is 12.1 Å². The summed E-state index contributed by atoms with van der Waals surface area (Å²) in [6, 6.07) is 7.22. The molecule has 1 heterocycles. The molecule has 0 spiro atoms. The van der Waals surface area contributed by atoms with E-state index in [0.29, 0.717) is 11.4 Å². The third kappa shape index (κ3) is 2.36. The maximum absolute atomic E-state index is 11.2. The molecule has 78 valence electrons. The fourth-order valence-electron chi connectivity index (χ4n) is 1.58. The molecule has 0 amide bonds. The predicted molar refractivity (Wildman–Crippen MR) is 54.4 cm³/mol. The van der Waals surface area contributed by atoms with Crippen molar-refractivity contribution in [2.45, 2.75) is 12.8 Å². The normalized spacial score (nSPS) is 20.5. The Bertz CT molecular complexity index is 397. The van der Waals surface area contributed by atoms with Gasteiger partial charge < -0.3 is 4.74 Å². The number of hydrogen-bond donors (Lipinski definition) is 0. The summed E-state index contributed by atoms with van der Waals surface area (Å²) in [5.41, 5.74) is 0.982. The van der Waals surface area contributed by atoms with Crippen LogP contribution in [0.2, 0.25) is 5.02 Å². The zero-order valence-corrected chi connectivity index (χ0v) is 8.66. The number of esters is 2. The van der Waals surface area contributed by atoms with E-state index >= 15 is 0 Å². The van der Waals surface area contributed by atoms with Gasteiger partial charge in [-0.1, -0.05) is 23.7 Å². The average molecular weight is 225 g/mol. The fraction of sp³-hybridized carbons (Fsp3) is 0.273. The van der Waals surface area contributed by atoms with E-state index in [1.165, 1.54) is 0 Å². The van der Waals surface area contributed by atoms with E-state index in [-0.39, 0.29) is 12.3 Å². The number of halogens is 1. The average Bonchev–Trinajstić information content (AvgIpc) is 2.49. The lowest BCUT2D eigenvalue weighted by Gasteiger charge is -2.04. The summed E-state index contributed by atoms with van der Waals surface area (Å²) in [5.74, 6) is -1.19. The summed E-state index contributed by atoms with van der Waals surface area (Å²) >= 11 is 5.73. The Kier molecular flexibility index (Phi) is 2.73. The first-order valence-electron chi connectivity index (χ1n) is 4.64. The summed E-state index contributed by atoms with van der Waals surface area (Å²) < 4.78 is 4.47. The van der Waals surface area contributed by atoms with Crippen LogP contribution < -0.4 is 0 Å². The van der Waals surface area contributed by atoms with Gasteiger partial charge in [-0.15, -0.1) is 0 Å². The van der Waals surface area contributed by atoms with E-state index in [0.717, 1.165) is 5.56 Å². The lowest BCUT2D eigenvalue weighted by molar-refractivity contribution is -0.153. The van der Waals surface area contributed by atoms with Crippen molar-refractivity contribution in [2.75, 3.05) is 0 Å². The molecule has 1 aromatic rings. The van der Waals surface area contributed by atoms with Crippen LogP contribution in [-0.2, 0) is 20.7 Å². The molecule has 1 aliphatic rings. The second-order valence-electron chi connectivity index (χ2n) is 3.52. The first-order chi connectivity index (χ1) is 7.15. The number of ether oxygens (including phenoxy) is 1. The van der Waals surface area contributed by atoms with Gasteiger partial charge in [0.15, 0.2) is 0 Å². The Balaban J connectivity index is 2.06. The van der Waals surface area contributed by atoms with Crippen LogP contribution in [0, 0.1) is 5.92 Å². The van der Waals surface area contributed by atoms with Gasteiger partial charge >= 0.3 is 11.9 Å². The molecule has 4 heteroatoms. The van der Waals surface area contributed by atoms with Gasteiger partial charge in [0.25, 0.3) is 0 Å². The molecule has 3 nitrogen and oxygen atoms in total. The molecule has 0 aromatic heterocycles. The van der Waals surface area contributed by atoms with Gasteiger partial charge in [0, 0.05) is 5.02 Å². The minimum Gasteiger partial charge on any atom is -0.393 e. The van der Waals surface area contributed by atoms with E-state index in [1.807, 2.05) is 12.1 Å². The highest BCUT2D eigenvalue weighted by atomic mass is 35.5. The predicted octanol–water partition coefficient (Wildman–Crippen LogP) is 1.97. The SMILES string of the molecule is O=C1C[C@@H](Cc2ccc(Cl)cc2)C(=O)O1. The Morgan fingerprint density at radius 1 is 1.27 bits per heavy atom. The third-order valence-electron chi connectivity index (χ3n) is 2.36. The van der Waals surface area contributed by atoms with Crippen molar-refractivity contribution in [3.8, 4) is 0 Å². The summed E-state index contributed by atoms with van der Waals surface area (Å²) in [5, 5.41) is 0.656. The van der Waals surface area contributed by atoms with Crippen molar-refractivity contribution in [1.82, 2.24) is 0 Å². The molecule has 0 radical (unpaired) electrons. The zero-order valence-electron chi connectivity index (χ0n) is 7.90. The van der Waals surface area contributed by atoms with Gasteiger partial charge in [-0.3, -0.25) is 9.59 Å². The molecule has 15 heavy (non-hydrogen) atoms. The van der Waals surface area contributed by atoms with Crippen LogP contribution in [0.1, 0.15) is 12.0 Å². The molecule has 1 saturated heterocycles. The van der Waals surface area contributed by atoms with Crippen LogP contribution >= 0.6 is 11.6 Å². The van der Waals surface area contributed by atoms with Crippen molar-refractivity contribution in [3.63, 3.8) is 0 Å². The van der Waals surface area contributed by atoms with Crippen molar-refractivity contribution in [1.29, 1.82) is 0 Å². The highest BCUT2D eigenvalue weighted by molar-refractivity contribution is 6.30. The fourth-order valence-corrected chi connectivity index (χ4v) is 1.71. The van der Waals surface area contributed by atoms with E-state index < -0.39 is 11.9 Å². The number of benzene rings is 1. The standard InChI is InChI=1S/C11H9ClO3/c12-9-3-1-7(2-4-9)5-8-6-10(13)15-11(8)14/h1-4,8H,5-6H2/t8-/m1/s1. The molecule has 2 rings (SSSR count). The van der Waals surface area contributed by atoms with Crippen LogP contribution in [0.4, 0.5) is 0 Å². The Hall–Kier alpha value is -1.35. The summed E-state index contributed by atoms with van der Waals surface area (Å²) in [6.07, 6.45) is 0.712. The van der Waals surface area contributed by atoms with Gasteiger partial charge in [0.1, 0.15) is 0 Å². The topological polar surface area (TPSA) is 43.4 Å². The molecule has 0 unspecified atom stereocenters. The molecular weight excluding hydrogens is 216 g/mol. The monoisotopic (exact) mass is 224 g/mol. The quantitative estimate of drug-likeness (QED) is 0.570. The van der Waals surface area contributed by atoms with Crippen molar-refractivity contribution in [3.05, 3.63) is 34.9 Å². The molecule has 0 N–H and O–H groups in total. The van der Waals surface area contributed by atoms with Crippen LogP contribution in [0.25, 0.3) is 0 Å². The first-order valence-corrected chi connectivity index (χ1v) is 5.02. The van der Waals surface area contributed by atoms with Gasteiger partial charge in [0.05, 0.1) is 12.3 Å². The number of rotatable bonds is 2. The van der Waals surface area contributed by atoms with Crippen LogP contribution in [-0.4, -0.2) is 11.9 Å². The second kappa shape index (κ2) is 4.03. The highest BCUT2D eigenvalue weighted by Crippen LogP contribution is 2.21. The second-order valence-corrected chi connectivity index (χ2v) is 3.96. The van der Waals surface area contributed by atoms with Gasteiger partial charge in [-0.2, -0.15) is 0 Å². The smallest absolute Gasteiger partial charge is 0.317 e. The van der Waals surface area contributed by atoms with Crippen molar-refractivity contribution in [2.24, 2.45) is 5.92 Å². The number of carbonyl (C=O) groups is 2. The van der Waals surface area contributed by atoms with E-state index in [2.05, 4.69) is 4.74 Å². The zero-order chi connectivity index (χ0) is 10.8. The maximum atomic E-state index is 11.2. The largest absolute Gasteiger partial charge is 0.393 e. The Morgan fingerprint density at radius 2 is 1.93 bits per heavy atom. The number of carbonyl (C=O) groups excluding carboxylic acids is 2. The van der Waals surface area contributed by atoms with Gasteiger partial charge in [-0.25, -0.2) is 0 Å². The van der Waals surface area contributed by atoms with E-state index in [4.69, 9.17) is 11.6 Å². The summed E-state index contributed by atoms with van der Waals surface area (Å²) in [6.45, 7) is 0. The molecular formula is C11H9ClO3. The van der Waals surface area contributed by atoms with Crippen molar-refractivity contribution < 1.29 is 14.3 Å². The lowest BCUT2D eigenvalue weighted by Crippen LogP contribution is -2.10. The molecule has 0 saturated carbocycles. The van der Waals surface area contributed by atoms with Gasteiger partial charge in [-0.05, 0) is 24.1 Å². The van der Waals surface area contributed by atoms with Crippen LogP contribution in [0.3, 0.4) is 0 Å². The number of hydrogen-bond acceptors (Lipinski definition) is 3. The molecule has 1 aliphatic heterocycles. The molecule has 0 aliphatic carbocycles. The molecule has 1 atom stereocenters. The minimum atomic E-state index is -0.432. The van der Waals surface area contributed by atoms with Gasteiger partial charge in [0.2, 0.25) is 0 Å². The maximum Gasteiger partial charge on any atom is 0.317 e. The molecule has 1 aromatic carbocycles. The molecule has 1 fully saturated rings. The Labute approximate surface area is 92.0 Å². The Morgan fingerprint density at radius 3 is 2.47 bits per heavy atom. The highest BCUT2D eigenvalue weighted by Gasteiger charge is 2.33. The minimum absolute atomic E-state index is 0.182. The van der Waals surface area contributed by atoms with Crippen LogP contribution in [0.5, 0.6) is 0 Å².